The Morgan fingerprint density at radius 2 is 1.92 bits per heavy atom. The van der Waals surface area contributed by atoms with Crippen molar-refractivity contribution in [2.75, 3.05) is 56.6 Å². The van der Waals surface area contributed by atoms with E-state index in [-0.39, 0.29) is 0 Å². The molecular formula is C18H24N4O2. The van der Waals surface area contributed by atoms with Gasteiger partial charge >= 0.3 is 5.97 Å². The zero-order valence-corrected chi connectivity index (χ0v) is 14.5. The number of aromatic carboxylic acids is 1. The Kier molecular flexibility index (Phi) is 4.57. The van der Waals surface area contributed by atoms with Gasteiger partial charge in [-0.3, -0.25) is 0 Å². The predicted molar refractivity (Wildman–Crippen MR) is 97.4 cm³/mol. The van der Waals surface area contributed by atoms with Gasteiger partial charge in [0.05, 0.1) is 17.4 Å². The number of rotatable bonds is 4. The maximum atomic E-state index is 11.3. The Balaban J connectivity index is 2.06. The van der Waals surface area contributed by atoms with Crippen LogP contribution in [-0.4, -0.2) is 67.8 Å². The van der Waals surface area contributed by atoms with Crippen molar-refractivity contribution in [2.24, 2.45) is 0 Å². The molecule has 2 aromatic rings. The first kappa shape index (κ1) is 16.5. The number of carboxylic acid groups (broad SMARTS) is 1. The number of hydrogen-bond acceptors (Lipinski definition) is 5. The molecule has 0 radical (unpaired) electrons. The summed E-state index contributed by atoms with van der Waals surface area (Å²) in [5.74, 6) is 0.0415. The standard InChI is InChI=1S/C18H24N4O2/c1-4-21-7-9-22(10-8-21)17-14-6-5-13(18(23)24)11-15(14)16(12-19-17)20(2)3/h5-6,11-12H,4,7-10H2,1-3H3,(H,23,24). The Morgan fingerprint density at radius 1 is 1.21 bits per heavy atom. The highest BCUT2D eigenvalue weighted by Gasteiger charge is 2.20. The van der Waals surface area contributed by atoms with Crippen molar-refractivity contribution >= 4 is 28.2 Å². The molecule has 1 aromatic heterocycles. The number of nitrogens with zero attached hydrogens (tertiary/aromatic N) is 4. The lowest BCUT2D eigenvalue weighted by molar-refractivity contribution is 0.0697. The molecule has 1 fully saturated rings. The molecule has 0 spiro atoms. The summed E-state index contributed by atoms with van der Waals surface area (Å²) in [7, 11) is 3.90. The second kappa shape index (κ2) is 6.65. The monoisotopic (exact) mass is 328 g/mol. The summed E-state index contributed by atoms with van der Waals surface area (Å²) >= 11 is 0. The van der Waals surface area contributed by atoms with Crippen molar-refractivity contribution in [3.63, 3.8) is 0 Å². The molecule has 1 aromatic carbocycles. The van der Waals surface area contributed by atoms with Gasteiger partial charge in [0, 0.05) is 51.0 Å². The van der Waals surface area contributed by atoms with Crippen LogP contribution in [0.2, 0.25) is 0 Å². The topological polar surface area (TPSA) is 59.9 Å². The Bertz CT molecular complexity index is 752. The largest absolute Gasteiger partial charge is 0.478 e. The molecule has 0 atom stereocenters. The summed E-state index contributed by atoms with van der Waals surface area (Å²) in [4.78, 5) is 22.7. The number of piperazine rings is 1. The Morgan fingerprint density at radius 3 is 2.50 bits per heavy atom. The van der Waals surface area contributed by atoms with Gasteiger partial charge < -0.3 is 19.8 Å². The van der Waals surface area contributed by atoms with E-state index in [0.29, 0.717) is 5.56 Å². The normalized spacial score (nSPS) is 15.7. The minimum atomic E-state index is -0.906. The highest BCUT2D eigenvalue weighted by atomic mass is 16.4. The number of anilines is 2. The van der Waals surface area contributed by atoms with E-state index in [1.165, 1.54) is 0 Å². The zero-order chi connectivity index (χ0) is 17.3. The van der Waals surface area contributed by atoms with Gasteiger partial charge in [0.15, 0.2) is 0 Å². The second-order valence-electron chi connectivity index (χ2n) is 6.35. The van der Waals surface area contributed by atoms with E-state index < -0.39 is 5.97 Å². The van der Waals surface area contributed by atoms with Gasteiger partial charge in [-0.1, -0.05) is 6.92 Å². The molecule has 128 valence electrons. The molecule has 1 saturated heterocycles. The van der Waals surface area contributed by atoms with E-state index in [4.69, 9.17) is 4.98 Å². The van der Waals surface area contributed by atoms with E-state index in [1.807, 2.05) is 31.3 Å². The molecule has 1 N–H and O–H groups in total. The lowest BCUT2D eigenvalue weighted by atomic mass is 10.1. The molecule has 1 aliphatic heterocycles. The minimum Gasteiger partial charge on any atom is -0.478 e. The van der Waals surface area contributed by atoms with Crippen LogP contribution in [0.25, 0.3) is 10.8 Å². The zero-order valence-electron chi connectivity index (χ0n) is 14.5. The summed E-state index contributed by atoms with van der Waals surface area (Å²) in [6.45, 7) is 7.20. The number of hydrogen-bond donors (Lipinski definition) is 1. The fourth-order valence-corrected chi connectivity index (χ4v) is 3.23. The van der Waals surface area contributed by atoms with E-state index in [0.717, 1.165) is 55.0 Å². The third kappa shape index (κ3) is 3.01. The maximum absolute atomic E-state index is 11.3. The molecule has 6 nitrogen and oxygen atoms in total. The molecule has 0 bridgehead atoms. The van der Waals surface area contributed by atoms with Gasteiger partial charge in [0.1, 0.15) is 5.82 Å². The SMILES string of the molecule is CCN1CCN(c2ncc(N(C)C)c3cc(C(=O)O)ccc23)CC1. The number of aromatic nitrogens is 1. The highest BCUT2D eigenvalue weighted by Crippen LogP contribution is 2.32. The summed E-state index contributed by atoms with van der Waals surface area (Å²) in [6.07, 6.45) is 1.84. The molecule has 0 aliphatic carbocycles. The molecule has 3 rings (SSSR count). The van der Waals surface area contributed by atoms with Crippen molar-refractivity contribution < 1.29 is 9.90 Å². The third-order valence-corrected chi connectivity index (χ3v) is 4.69. The molecule has 0 saturated carbocycles. The molecule has 2 heterocycles. The van der Waals surface area contributed by atoms with E-state index in [9.17, 15) is 9.90 Å². The van der Waals surface area contributed by atoms with Crippen molar-refractivity contribution in [3.05, 3.63) is 30.0 Å². The summed E-state index contributed by atoms with van der Waals surface area (Å²) in [6, 6.07) is 5.30. The predicted octanol–water partition coefficient (Wildman–Crippen LogP) is 2.14. The summed E-state index contributed by atoms with van der Waals surface area (Å²) in [5.41, 5.74) is 1.24. The lowest BCUT2D eigenvalue weighted by Gasteiger charge is -2.35. The van der Waals surface area contributed by atoms with Crippen LogP contribution in [0.15, 0.2) is 24.4 Å². The fourth-order valence-electron chi connectivity index (χ4n) is 3.23. The van der Waals surface area contributed by atoms with Gasteiger partial charge in [-0.05, 0) is 24.7 Å². The second-order valence-corrected chi connectivity index (χ2v) is 6.35. The van der Waals surface area contributed by atoms with Crippen molar-refractivity contribution in [2.45, 2.75) is 6.92 Å². The average Bonchev–Trinajstić information content (AvgIpc) is 2.60. The highest BCUT2D eigenvalue weighted by molar-refractivity contribution is 6.04. The fraction of sp³-hybridized carbons (Fsp3) is 0.444. The Labute approximate surface area is 142 Å². The molecule has 1 aliphatic rings. The van der Waals surface area contributed by atoms with Crippen molar-refractivity contribution in [1.29, 1.82) is 0 Å². The first-order chi connectivity index (χ1) is 11.5. The average molecular weight is 328 g/mol. The van der Waals surface area contributed by atoms with Crippen LogP contribution in [0, 0.1) is 0 Å². The van der Waals surface area contributed by atoms with Crippen LogP contribution in [0.5, 0.6) is 0 Å². The van der Waals surface area contributed by atoms with Crippen LogP contribution in [0.3, 0.4) is 0 Å². The number of likely N-dealkylation sites (N-methyl/N-ethyl adjacent to an activating group) is 1. The summed E-state index contributed by atoms with van der Waals surface area (Å²) in [5, 5.41) is 11.2. The van der Waals surface area contributed by atoms with Gasteiger partial charge in [-0.2, -0.15) is 0 Å². The maximum Gasteiger partial charge on any atom is 0.335 e. The third-order valence-electron chi connectivity index (χ3n) is 4.69. The lowest BCUT2D eigenvalue weighted by Crippen LogP contribution is -2.46. The van der Waals surface area contributed by atoms with Crippen molar-refractivity contribution in [3.8, 4) is 0 Å². The first-order valence-corrected chi connectivity index (χ1v) is 8.32. The van der Waals surface area contributed by atoms with E-state index >= 15 is 0 Å². The van der Waals surface area contributed by atoms with Crippen LogP contribution in [-0.2, 0) is 0 Å². The number of fused-ring (bicyclic) bond motifs is 1. The van der Waals surface area contributed by atoms with E-state index in [2.05, 4.69) is 16.7 Å². The minimum absolute atomic E-state index is 0.304. The number of carboxylic acids is 1. The van der Waals surface area contributed by atoms with Gasteiger partial charge in [0.2, 0.25) is 0 Å². The van der Waals surface area contributed by atoms with Gasteiger partial charge in [-0.15, -0.1) is 0 Å². The Hall–Kier alpha value is -2.34. The number of pyridine rings is 1. The molecule has 0 amide bonds. The number of benzene rings is 1. The van der Waals surface area contributed by atoms with Crippen LogP contribution < -0.4 is 9.80 Å². The van der Waals surface area contributed by atoms with Crippen LogP contribution in [0.4, 0.5) is 11.5 Å². The van der Waals surface area contributed by atoms with Crippen molar-refractivity contribution in [1.82, 2.24) is 9.88 Å². The molecule has 24 heavy (non-hydrogen) atoms. The summed E-state index contributed by atoms with van der Waals surface area (Å²) < 4.78 is 0. The molecular weight excluding hydrogens is 304 g/mol. The first-order valence-electron chi connectivity index (χ1n) is 8.32. The molecule has 0 unspecified atom stereocenters. The smallest absolute Gasteiger partial charge is 0.335 e. The van der Waals surface area contributed by atoms with Crippen LogP contribution >= 0.6 is 0 Å². The van der Waals surface area contributed by atoms with Gasteiger partial charge in [-0.25, -0.2) is 9.78 Å². The number of carbonyl (C=O) groups is 1. The van der Waals surface area contributed by atoms with Crippen LogP contribution in [0.1, 0.15) is 17.3 Å². The van der Waals surface area contributed by atoms with Gasteiger partial charge in [0.25, 0.3) is 0 Å². The molecule has 6 heteroatoms. The van der Waals surface area contributed by atoms with E-state index in [1.54, 1.807) is 12.1 Å². The quantitative estimate of drug-likeness (QED) is 0.928.